The van der Waals surface area contributed by atoms with E-state index < -0.39 is 22.0 Å². The van der Waals surface area contributed by atoms with Crippen LogP contribution in [0.5, 0.6) is 0 Å². The van der Waals surface area contributed by atoms with Gasteiger partial charge in [0, 0.05) is 32.0 Å². The van der Waals surface area contributed by atoms with Crippen LogP contribution in [0.2, 0.25) is 0 Å². The quantitative estimate of drug-likeness (QED) is 0.398. The molecule has 10 heteroatoms. The number of piperidine rings is 1. The molecular weight excluding hydrogens is 528 g/mol. The van der Waals surface area contributed by atoms with E-state index in [2.05, 4.69) is 4.98 Å². The number of halogens is 2. The predicted molar refractivity (Wildman–Crippen MR) is 143 cm³/mol. The second-order valence-corrected chi connectivity index (χ2v) is 14.2. The van der Waals surface area contributed by atoms with E-state index in [1.165, 1.54) is 4.31 Å². The molecule has 0 unspecified atom stereocenters. The summed E-state index contributed by atoms with van der Waals surface area (Å²) < 4.78 is 57.9. The van der Waals surface area contributed by atoms with Crippen LogP contribution in [-0.2, 0) is 21.4 Å². The van der Waals surface area contributed by atoms with Gasteiger partial charge in [-0.2, -0.15) is 4.31 Å². The van der Waals surface area contributed by atoms with Gasteiger partial charge in [-0.25, -0.2) is 22.2 Å². The minimum atomic E-state index is -3.88. The number of carbonyl (C=O) groups excluding carboxylic acids is 1. The first kappa shape index (κ1) is 25.8. The number of hydrogen-bond acceptors (Lipinski definition) is 5. The number of fused-ring (bicyclic) bond motifs is 2. The molecule has 0 radical (unpaired) electrons. The van der Waals surface area contributed by atoms with Gasteiger partial charge in [-0.1, -0.05) is 23.8 Å². The van der Waals surface area contributed by atoms with E-state index in [4.69, 9.17) is 0 Å². The summed E-state index contributed by atoms with van der Waals surface area (Å²) in [5.41, 5.74) is 2.67. The number of aryl methyl sites for hydroxylation is 2. The molecule has 3 fully saturated rings. The first-order chi connectivity index (χ1) is 18.0. The Morgan fingerprint density at radius 2 is 1.84 bits per heavy atom. The molecule has 3 atom stereocenters. The van der Waals surface area contributed by atoms with Crippen LogP contribution in [0.4, 0.5) is 8.78 Å². The first-order valence-corrected chi connectivity index (χ1v) is 15.4. The monoisotopic (exact) mass is 559 g/mol. The molecule has 0 spiro atoms. The normalized spacial score (nSPS) is 25.4. The van der Waals surface area contributed by atoms with E-state index >= 15 is 0 Å². The molecule has 3 aliphatic rings. The van der Waals surface area contributed by atoms with Gasteiger partial charge in [0.05, 0.1) is 20.1 Å². The lowest BCUT2D eigenvalue weighted by Gasteiger charge is -2.39. The SMILES string of the molecule is Cc1ccc(S(=O)(=O)N2C[C@H]3C[C@H]3[C@H]2C(=O)N(Cc2ccc3sc(C)nc3c2)C2CCC(F)(F)CC2)cc1. The van der Waals surface area contributed by atoms with Crippen LogP contribution in [0, 0.1) is 25.7 Å². The molecule has 0 bridgehead atoms. The number of benzene rings is 2. The van der Waals surface area contributed by atoms with E-state index in [-0.39, 0.29) is 60.9 Å². The number of carbonyl (C=O) groups is 1. The molecule has 2 aliphatic carbocycles. The lowest BCUT2D eigenvalue weighted by atomic mass is 9.90. The Balaban J connectivity index is 1.33. The third-order valence-electron chi connectivity index (χ3n) is 8.31. The van der Waals surface area contributed by atoms with Crippen molar-refractivity contribution < 1.29 is 22.0 Å². The molecule has 1 aliphatic heterocycles. The van der Waals surface area contributed by atoms with Gasteiger partial charge in [0.25, 0.3) is 0 Å². The van der Waals surface area contributed by atoms with Gasteiger partial charge in [-0.15, -0.1) is 11.3 Å². The van der Waals surface area contributed by atoms with Crippen LogP contribution < -0.4 is 0 Å². The molecule has 1 aromatic heterocycles. The molecule has 1 amide bonds. The van der Waals surface area contributed by atoms with Gasteiger partial charge in [-0.05, 0) is 74.8 Å². The van der Waals surface area contributed by atoms with Gasteiger partial charge < -0.3 is 4.90 Å². The highest BCUT2D eigenvalue weighted by atomic mass is 32.2. The zero-order chi connectivity index (χ0) is 26.8. The molecule has 6 nitrogen and oxygen atoms in total. The van der Waals surface area contributed by atoms with Crippen molar-refractivity contribution in [1.29, 1.82) is 0 Å². The Morgan fingerprint density at radius 3 is 2.55 bits per heavy atom. The van der Waals surface area contributed by atoms with Gasteiger partial charge in [0.1, 0.15) is 6.04 Å². The number of amides is 1. The third-order valence-corrected chi connectivity index (χ3v) is 11.1. The number of hydrogen-bond donors (Lipinski definition) is 0. The van der Waals surface area contributed by atoms with E-state index in [1.807, 2.05) is 32.0 Å². The Morgan fingerprint density at radius 1 is 1.13 bits per heavy atom. The fourth-order valence-corrected chi connectivity index (χ4v) is 8.59. The number of rotatable bonds is 6. The Kier molecular flexibility index (Phi) is 6.35. The van der Waals surface area contributed by atoms with Gasteiger partial charge >= 0.3 is 0 Å². The molecule has 0 N–H and O–H groups in total. The topological polar surface area (TPSA) is 70.6 Å². The maximum atomic E-state index is 14.3. The van der Waals surface area contributed by atoms with E-state index in [1.54, 1.807) is 40.5 Å². The summed E-state index contributed by atoms with van der Waals surface area (Å²) in [5.74, 6) is -2.86. The lowest BCUT2D eigenvalue weighted by Crippen LogP contribution is -2.53. The van der Waals surface area contributed by atoms with Gasteiger partial charge in [-0.3, -0.25) is 4.79 Å². The van der Waals surface area contributed by atoms with Crippen LogP contribution in [0.25, 0.3) is 10.2 Å². The number of aromatic nitrogens is 1. The van der Waals surface area contributed by atoms with Crippen molar-refractivity contribution in [3.05, 3.63) is 58.6 Å². The second-order valence-electron chi connectivity index (χ2n) is 11.1. The van der Waals surface area contributed by atoms with Crippen LogP contribution in [0.3, 0.4) is 0 Å². The largest absolute Gasteiger partial charge is 0.334 e. The number of alkyl halides is 2. The molecule has 6 rings (SSSR count). The van der Waals surface area contributed by atoms with Crippen molar-refractivity contribution >= 4 is 37.5 Å². The van der Waals surface area contributed by atoms with Gasteiger partial charge in [0.2, 0.25) is 21.9 Å². The van der Waals surface area contributed by atoms with Crippen molar-refractivity contribution in [2.75, 3.05) is 6.54 Å². The fraction of sp³-hybridized carbons (Fsp3) is 0.500. The lowest BCUT2D eigenvalue weighted by molar-refractivity contribution is -0.141. The van der Waals surface area contributed by atoms with Crippen LogP contribution in [0.15, 0.2) is 47.4 Å². The number of sulfonamides is 1. The first-order valence-electron chi connectivity index (χ1n) is 13.1. The Hall–Kier alpha value is -2.43. The van der Waals surface area contributed by atoms with Crippen molar-refractivity contribution in [2.24, 2.45) is 11.8 Å². The maximum Gasteiger partial charge on any atom is 0.248 e. The predicted octanol–water partition coefficient (Wildman–Crippen LogP) is 5.53. The summed E-state index contributed by atoms with van der Waals surface area (Å²) >= 11 is 1.59. The van der Waals surface area contributed by atoms with E-state index in [0.717, 1.165) is 32.8 Å². The highest BCUT2D eigenvalue weighted by Gasteiger charge is 2.60. The molecule has 2 heterocycles. The van der Waals surface area contributed by atoms with Crippen LogP contribution >= 0.6 is 11.3 Å². The van der Waals surface area contributed by atoms with E-state index in [0.29, 0.717) is 6.54 Å². The zero-order valence-corrected chi connectivity index (χ0v) is 23.1. The summed E-state index contributed by atoms with van der Waals surface area (Å²) in [5, 5.41) is 0.947. The maximum absolute atomic E-state index is 14.3. The van der Waals surface area contributed by atoms with Crippen molar-refractivity contribution in [1.82, 2.24) is 14.2 Å². The minimum absolute atomic E-state index is 0.0288. The third kappa shape index (κ3) is 4.75. The average Bonchev–Trinajstić information content (AvgIpc) is 3.36. The molecule has 3 aromatic rings. The summed E-state index contributed by atoms with van der Waals surface area (Å²) in [6.45, 7) is 4.40. The molecule has 2 aromatic carbocycles. The Labute approximate surface area is 225 Å². The highest BCUT2D eigenvalue weighted by Crippen LogP contribution is 2.52. The average molecular weight is 560 g/mol. The Bertz CT molecular complexity index is 1480. The zero-order valence-electron chi connectivity index (χ0n) is 21.4. The number of nitrogens with zero attached hydrogens (tertiary/aromatic N) is 3. The molecule has 1 saturated heterocycles. The smallest absolute Gasteiger partial charge is 0.248 e. The summed E-state index contributed by atoms with van der Waals surface area (Å²) in [7, 11) is -3.88. The molecule has 202 valence electrons. The summed E-state index contributed by atoms with van der Waals surface area (Å²) in [6.07, 6.45) is 0.670. The van der Waals surface area contributed by atoms with Crippen molar-refractivity contribution in [3.63, 3.8) is 0 Å². The highest BCUT2D eigenvalue weighted by molar-refractivity contribution is 7.89. The van der Waals surface area contributed by atoms with Gasteiger partial charge in [0.15, 0.2) is 0 Å². The standard InChI is InChI=1S/C28H31F2N3O3S2/c1-17-3-6-22(7-4-17)38(35,36)33-16-20-14-23(20)26(33)27(34)32(21-9-11-28(29,30)12-10-21)15-19-5-8-25-24(13-19)31-18(2)37-25/h3-8,13,20-21,23,26H,9-12,14-16H2,1-2H3/t20-,23-,26+/m1/s1. The molecular formula is C28H31F2N3O3S2. The minimum Gasteiger partial charge on any atom is -0.334 e. The van der Waals surface area contributed by atoms with Crippen LogP contribution in [0.1, 0.15) is 48.2 Å². The van der Waals surface area contributed by atoms with Crippen molar-refractivity contribution in [2.45, 2.75) is 75.4 Å². The van der Waals surface area contributed by atoms with E-state index in [9.17, 15) is 22.0 Å². The number of thiazole rings is 1. The summed E-state index contributed by atoms with van der Waals surface area (Å²) in [6, 6.07) is 11.4. The second kappa shape index (κ2) is 9.34. The fourth-order valence-electron chi connectivity index (χ4n) is 6.10. The molecule has 2 saturated carbocycles. The summed E-state index contributed by atoms with van der Waals surface area (Å²) in [4.78, 5) is 20.7. The molecule has 38 heavy (non-hydrogen) atoms. The van der Waals surface area contributed by atoms with Crippen LogP contribution in [-0.4, -0.2) is 53.1 Å². The van der Waals surface area contributed by atoms with Crippen molar-refractivity contribution in [3.8, 4) is 0 Å².